The lowest BCUT2D eigenvalue weighted by Crippen LogP contribution is -2.38. The molecule has 2 nitrogen and oxygen atoms in total. The van der Waals surface area contributed by atoms with Gasteiger partial charge in [-0.2, -0.15) is 13.2 Å². The number of para-hydroxylation sites is 1. The van der Waals surface area contributed by atoms with E-state index in [1.54, 1.807) is 13.1 Å². The van der Waals surface area contributed by atoms with Crippen molar-refractivity contribution in [3.05, 3.63) is 23.8 Å². The third-order valence-corrected chi connectivity index (χ3v) is 2.70. The molecule has 0 radical (unpaired) electrons. The highest BCUT2D eigenvalue weighted by Gasteiger charge is 2.36. The second-order valence-electron chi connectivity index (χ2n) is 4.12. The summed E-state index contributed by atoms with van der Waals surface area (Å²) >= 11 is 0. The first-order valence-electron chi connectivity index (χ1n) is 5.07. The van der Waals surface area contributed by atoms with E-state index in [1.165, 1.54) is 6.07 Å². The first-order valence-corrected chi connectivity index (χ1v) is 5.07. The lowest BCUT2D eigenvalue weighted by molar-refractivity contribution is -0.137. The Morgan fingerprint density at radius 2 is 2.06 bits per heavy atom. The molecular weight excluding hydrogens is 217 g/mol. The van der Waals surface area contributed by atoms with Crippen molar-refractivity contribution >= 4 is 11.4 Å². The average molecular weight is 230 g/mol. The van der Waals surface area contributed by atoms with Gasteiger partial charge in [0.05, 0.1) is 16.9 Å². The first kappa shape index (κ1) is 11.1. The van der Waals surface area contributed by atoms with Crippen molar-refractivity contribution in [2.24, 2.45) is 0 Å². The Bertz CT molecular complexity index is 401. The van der Waals surface area contributed by atoms with Crippen molar-refractivity contribution < 1.29 is 13.2 Å². The molecule has 1 atom stereocenters. The fourth-order valence-corrected chi connectivity index (χ4v) is 2.05. The molecule has 0 aliphatic carbocycles. The van der Waals surface area contributed by atoms with Gasteiger partial charge in [0.2, 0.25) is 0 Å². The molecule has 1 N–H and O–H groups in total. The number of halogens is 3. The van der Waals surface area contributed by atoms with E-state index in [2.05, 4.69) is 5.32 Å². The Hall–Kier alpha value is -1.39. The van der Waals surface area contributed by atoms with Gasteiger partial charge >= 0.3 is 6.18 Å². The number of nitrogens with zero attached hydrogens (tertiary/aromatic N) is 1. The van der Waals surface area contributed by atoms with Crippen LogP contribution in [0.15, 0.2) is 18.2 Å². The molecule has 0 spiro atoms. The van der Waals surface area contributed by atoms with Gasteiger partial charge < -0.3 is 10.2 Å². The predicted octanol–water partition coefficient (Wildman–Crippen LogP) is 2.96. The maximum absolute atomic E-state index is 12.8. The molecule has 0 saturated carbocycles. The van der Waals surface area contributed by atoms with Gasteiger partial charge in [0.25, 0.3) is 0 Å². The molecule has 1 unspecified atom stereocenters. The van der Waals surface area contributed by atoms with Gasteiger partial charge in [0.1, 0.15) is 0 Å². The molecule has 1 aliphatic rings. The van der Waals surface area contributed by atoms with Gasteiger partial charge in [-0.1, -0.05) is 6.07 Å². The summed E-state index contributed by atoms with van der Waals surface area (Å²) in [7, 11) is 1.80. The van der Waals surface area contributed by atoms with Gasteiger partial charge in [0.15, 0.2) is 0 Å². The zero-order chi connectivity index (χ0) is 11.9. The molecule has 0 bridgehead atoms. The van der Waals surface area contributed by atoms with Crippen molar-refractivity contribution in [2.75, 3.05) is 23.8 Å². The van der Waals surface area contributed by atoms with E-state index in [4.69, 9.17) is 0 Å². The Kier molecular flexibility index (Phi) is 2.48. The van der Waals surface area contributed by atoms with Gasteiger partial charge in [0, 0.05) is 19.6 Å². The van der Waals surface area contributed by atoms with Gasteiger partial charge in [-0.15, -0.1) is 0 Å². The summed E-state index contributed by atoms with van der Waals surface area (Å²) in [6, 6.07) is 4.26. The molecule has 88 valence electrons. The van der Waals surface area contributed by atoms with Crippen LogP contribution in [0.1, 0.15) is 12.5 Å². The van der Waals surface area contributed by atoms with E-state index >= 15 is 0 Å². The molecule has 0 aromatic heterocycles. The zero-order valence-electron chi connectivity index (χ0n) is 9.10. The van der Waals surface area contributed by atoms with Crippen LogP contribution in [-0.2, 0) is 6.18 Å². The molecule has 1 aliphatic heterocycles. The second-order valence-corrected chi connectivity index (χ2v) is 4.12. The minimum Gasteiger partial charge on any atom is -0.379 e. The highest BCUT2D eigenvalue weighted by atomic mass is 19.4. The van der Waals surface area contributed by atoms with Crippen LogP contribution in [0.25, 0.3) is 0 Å². The molecule has 0 fully saturated rings. The normalized spacial score (nSPS) is 20.3. The molecule has 1 heterocycles. The van der Waals surface area contributed by atoms with Crippen molar-refractivity contribution in [2.45, 2.75) is 19.1 Å². The van der Waals surface area contributed by atoms with Crippen LogP contribution in [0, 0.1) is 0 Å². The quantitative estimate of drug-likeness (QED) is 0.737. The Morgan fingerprint density at radius 1 is 1.38 bits per heavy atom. The summed E-state index contributed by atoms with van der Waals surface area (Å²) in [6.45, 7) is 2.57. The monoisotopic (exact) mass is 230 g/mol. The van der Waals surface area contributed by atoms with Gasteiger partial charge in [-0.25, -0.2) is 0 Å². The lowest BCUT2D eigenvalue weighted by Gasteiger charge is -2.34. The molecule has 2 rings (SSSR count). The van der Waals surface area contributed by atoms with Crippen molar-refractivity contribution in [3.63, 3.8) is 0 Å². The minimum absolute atomic E-state index is 0.0148. The van der Waals surface area contributed by atoms with Crippen molar-refractivity contribution in [1.29, 1.82) is 0 Å². The predicted molar refractivity (Wildman–Crippen MR) is 57.8 cm³/mol. The largest absolute Gasteiger partial charge is 0.418 e. The van der Waals surface area contributed by atoms with Crippen LogP contribution >= 0.6 is 0 Å². The summed E-state index contributed by atoms with van der Waals surface area (Å²) in [5.74, 6) is 0. The maximum Gasteiger partial charge on any atom is 0.418 e. The third kappa shape index (κ3) is 1.81. The number of anilines is 2. The molecule has 0 saturated heterocycles. The summed E-state index contributed by atoms with van der Waals surface area (Å²) in [5, 5.41) is 2.90. The van der Waals surface area contributed by atoms with Crippen molar-refractivity contribution in [3.8, 4) is 0 Å². The first-order chi connectivity index (χ1) is 7.39. The topological polar surface area (TPSA) is 15.3 Å². The smallest absolute Gasteiger partial charge is 0.379 e. The molecule has 5 heteroatoms. The number of rotatable bonds is 0. The number of likely N-dealkylation sites (N-methyl/N-ethyl adjacent to an activating group) is 1. The fourth-order valence-electron chi connectivity index (χ4n) is 2.05. The van der Waals surface area contributed by atoms with E-state index in [-0.39, 0.29) is 11.7 Å². The Balaban J connectivity index is 2.54. The number of nitrogens with one attached hydrogen (secondary N) is 1. The SMILES string of the molecule is CC1CN(C)c2cccc(C(F)(F)F)c2N1. The number of hydrogen-bond donors (Lipinski definition) is 1. The minimum atomic E-state index is -4.31. The highest BCUT2D eigenvalue weighted by Crippen LogP contribution is 2.41. The molecule has 1 aromatic rings. The third-order valence-electron chi connectivity index (χ3n) is 2.70. The van der Waals surface area contributed by atoms with Crippen LogP contribution in [0.4, 0.5) is 24.5 Å². The maximum atomic E-state index is 12.8. The Morgan fingerprint density at radius 3 is 2.69 bits per heavy atom. The van der Waals surface area contributed by atoms with Crippen LogP contribution in [-0.4, -0.2) is 19.6 Å². The van der Waals surface area contributed by atoms with E-state index in [9.17, 15) is 13.2 Å². The summed E-state index contributed by atoms with van der Waals surface area (Å²) < 4.78 is 38.3. The average Bonchev–Trinajstić information content (AvgIpc) is 2.15. The number of fused-ring (bicyclic) bond motifs is 1. The molecule has 0 amide bonds. The Labute approximate surface area is 92.1 Å². The molecule has 1 aromatic carbocycles. The second kappa shape index (κ2) is 3.57. The molecular formula is C11H13F3N2. The van der Waals surface area contributed by atoms with E-state index < -0.39 is 11.7 Å². The van der Waals surface area contributed by atoms with Gasteiger partial charge in [-0.05, 0) is 19.1 Å². The molecule has 16 heavy (non-hydrogen) atoms. The highest BCUT2D eigenvalue weighted by molar-refractivity contribution is 5.76. The standard InChI is InChI=1S/C11H13F3N2/c1-7-6-16(2)9-5-3-4-8(10(9)15-7)11(12,13)14/h3-5,7,15H,6H2,1-2H3. The fraction of sp³-hybridized carbons (Fsp3) is 0.455. The van der Waals surface area contributed by atoms with Gasteiger partial charge in [-0.3, -0.25) is 0 Å². The summed E-state index contributed by atoms with van der Waals surface area (Å²) in [6.07, 6.45) is -4.31. The van der Waals surface area contributed by atoms with E-state index in [0.29, 0.717) is 12.2 Å². The van der Waals surface area contributed by atoms with Crippen LogP contribution in [0.3, 0.4) is 0 Å². The van der Waals surface area contributed by atoms with E-state index in [0.717, 1.165) is 6.07 Å². The number of alkyl halides is 3. The van der Waals surface area contributed by atoms with Crippen LogP contribution < -0.4 is 10.2 Å². The van der Waals surface area contributed by atoms with Crippen LogP contribution in [0.5, 0.6) is 0 Å². The van der Waals surface area contributed by atoms with Crippen LogP contribution in [0.2, 0.25) is 0 Å². The number of hydrogen-bond acceptors (Lipinski definition) is 2. The summed E-state index contributed by atoms with van der Waals surface area (Å²) in [4.78, 5) is 1.84. The summed E-state index contributed by atoms with van der Waals surface area (Å²) in [5.41, 5.74) is 0.201. The van der Waals surface area contributed by atoms with E-state index in [1.807, 2.05) is 11.8 Å². The lowest BCUT2D eigenvalue weighted by atomic mass is 10.1. The zero-order valence-corrected chi connectivity index (χ0v) is 9.10. The van der Waals surface area contributed by atoms with Crippen molar-refractivity contribution in [1.82, 2.24) is 0 Å². The number of benzene rings is 1.